The van der Waals surface area contributed by atoms with Crippen LogP contribution < -0.4 is 20.3 Å². The Bertz CT molecular complexity index is 672. The Morgan fingerprint density at radius 3 is 2.88 bits per heavy atom. The van der Waals surface area contributed by atoms with E-state index in [0.29, 0.717) is 5.75 Å². The van der Waals surface area contributed by atoms with Crippen LogP contribution in [-0.2, 0) is 9.59 Å². The molecule has 24 heavy (non-hydrogen) atoms. The first-order chi connectivity index (χ1) is 11.5. The second-order valence-corrected chi connectivity index (χ2v) is 5.77. The highest BCUT2D eigenvalue weighted by atomic mass is 16.6. The minimum Gasteiger partial charge on any atom is -0.482 e. The van der Waals surface area contributed by atoms with Crippen molar-refractivity contribution in [1.82, 2.24) is 10.6 Å². The number of nitro benzene ring substituents is 1. The van der Waals surface area contributed by atoms with Gasteiger partial charge in [-0.3, -0.25) is 24.6 Å². The summed E-state index contributed by atoms with van der Waals surface area (Å²) in [5.74, 6) is -0.326. The number of rotatable bonds is 4. The smallest absolute Gasteiger partial charge is 0.271 e. The molecule has 1 aromatic carbocycles. The summed E-state index contributed by atoms with van der Waals surface area (Å²) < 4.78 is 5.28. The molecule has 0 bridgehead atoms. The molecule has 2 aliphatic heterocycles. The SMILES string of the molecule is O=C(CN1C(=O)COc2ccc([N+](=O)[O-])cc21)NC1CCNCC1. The van der Waals surface area contributed by atoms with Crippen LogP contribution in [0.4, 0.5) is 11.4 Å². The van der Waals surface area contributed by atoms with Crippen LogP contribution in [0.5, 0.6) is 5.75 Å². The number of fused-ring (bicyclic) bond motifs is 1. The molecule has 0 radical (unpaired) electrons. The number of carbonyl (C=O) groups excluding carboxylic acids is 2. The van der Waals surface area contributed by atoms with Crippen molar-refractivity contribution in [2.24, 2.45) is 0 Å². The normalized spacial score (nSPS) is 17.8. The highest BCUT2D eigenvalue weighted by Gasteiger charge is 2.29. The zero-order chi connectivity index (χ0) is 17.1. The van der Waals surface area contributed by atoms with Gasteiger partial charge in [-0.15, -0.1) is 0 Å². The van der Waals surface area contributed by atoms with E-state index in [9.17, 15) is 19.7 Å². The van der Waals surface area contributed by atoms with E-state index >= 15 is 0 Å². The molecule has 3 rings (SSSR count). The topological polar surface area (TPSA) is 114 Å². The molecule has 1 fully saturated rings. The average Bonchev–Trinajstić information content (AvgIpc) is 2.58. The van der Waals surface area contributed by atoms with E-state index in [1.54, 1.807) is 0 Å². The van der Waals surface area contributed by atoms with Gasteiger partial charge in [0.05, 0.1) is 10.6 Å². The van der Waals surface area contributed by atoms with E-state index in [-0.39, 0.29) is 36.5 Å². The number of amides is 2. The number of nitro groups is 1. The van der Waals surface area contributed by atoms with Gasteiger partial charge in [0.1, 0.15) is 12.3 Å². The standard InChI is InChI=1S/C15H18N4O5/c20-14(17-10-3-5-16-6-4-10)8-18-12-7-11(19(22)23)1-2-13(12)24-9-15(18)21/h1-2,7,10,16H,3-6,8-9H2,(H,17,20). The van der Waals surface area contributed by atoms with Crippen molar-refractivity contribution in [3.05, 3.63) is 28.3 Å². The first-order valence-electron chi connectivity index (χ1n) is 7.76. The summed E-state index contributed by atoms with van der Waals surface area (Å²) in [6.45, 7) is 1.32. The molecule has 2 heterocycles. The highest BCUT2D eigenvalue weighted by molar-refractivity contribution is 6.02. The van der Waals surface area contributed by atoms with Crippen molar-refractivity contribution in [3.63, 3.8) is 0 Å². The fourth-order valence-corrected chi connectivity index (χ4v) is 2.86. The van der Waals surface area contributed by atoms with Crippen LogP contribution in [0.1, 0.15) is 12.8 Å². The maximum absolute atomic E-state index is 12.3. The van der Waals surface area contributed by atoms with Crippen molar-refractivity contribution in [2.45, 2.75) is 18.9 Å². The summed E-state index contributed by atoms with van der Waals surface area (Å²) in [7, 11) is 0. The number of non-ortho nitro benzene ring substituents is 1. The summed E-state index contributed by atoms with van der Waals surface area (Å²) in [4.78, 5) is 36.0. The summed E-state index contributed by atoms with van der Waals surface area (Å²) >= 11 is 0. The fourth-order valence-electron chi connectivity index (χ4n) is 2.86. The zero-order valence-corrected chi connectivity index (χ0v) is 13.0. The molecule has 9 heteroatoms. The second-order valence-electron chi connectivity index (χ2n) is 5.77. The van der Waals surface area contributed by atoms with Crippen LogP contribution in [0.3, 0.4) is 0 Å². The largest absolute Gasteiger partial charge is 0.482 e. The van der Waals surface area contributed by atoms with Crippen LogP contribution in [0.2, 0.25) is 0 Å². The summed E-state index contributed by atoms with van der Waals surface area (Å²) in [6, 6.07) is 4.09. The fraction of sp³-hybridized carbons (Fsp3) is 0.467. The zero-order valence-electron chi connectivity index (χ0n) is 13.0. The van der Waals surface area contributed by atoms with Crippen LogP contribution in [0, 0.1) is 10.1 Å². The van der Waals surface area contributed by atoms with Crippen LogP contribution in [0.25, 0.3) is 0 Å². The van der Waals surface area contributed by atoms with E-state index in [2.05, 4.69) is 10.6 Å². The quantitative estimate of drug-likeness (QED) is 0.600. The number of hydrogen-bond acceptors (Lipinski definition) is 6. The minimum absolute atomic E-state index is 0.0828. The molecule has 2 amide bonds. The average molecular weight is 334 g/mol. The Morgan fingerprint density at radius 1 is 1.42 bits per heavy atom. The van der Waals surface area contributed by atoms with E-state index in [1.165, 1.54) is 23.1 Å². The molecule has 0 spiro atoms. The molecule has 9 nitrogen and oxygen atoms in total. The molecule has 1 aromatic rings. The Kier molecular flexibility index (Phi) is 4.61. The number of piperidine rings is 1. The van der Waals surface area contributed by atoms with E-state index in [1.807, 2.05) is 0 Å². The molecule has 2 aliphatic rings. The summed E-state index contributed by atoms with van der Waals surface area (Å²) in [5.41, 5.74) is 0.0942. The summed E-state index contributed by atoms with van der Waals surface area (Å²) in [6.07, 6.45) is 1.68. The van der Waals surface area contributed by atoms with Gasteiger partial charge in [0, 0.05) is 18.2 Å². The van der Waals surface area contributed by atoms with Crippen LogP contribution in [0.15, 0.2) is 18.2 Å². The predicted molar refractivity (Wildman–Crippen MR) is 85.0 cm³/mol. The molecule has 128 valence electrons. The molecular formula is C15H18N4O5. The Balaban J connectivity index is 1.75. The number of anilines is 1. The number of ether oxygens (including phenoxy) is 1. The van der Waals surface area contributed by atoms with Gasteiger partial charge in [0.25, 0.3) is 11.6 Å². The maximum atomic E-state index is 12.3. The number of nitrogens with zero attached hydrogens (tertiary/aromatic N) is 2. The molecule has 0 aliphatic carbocycles. The predicted octanol–water partition coefficient (Wildman–Crippen LogP) is 0.188. The highest BCUT2D eigenvalue weighted by Crippen LogP contribution is 2.35. The van der Waals surface area contributed by atoms with Gasteiger partial charge in [0.15, 0.2) is 6.61 Å². The third-order valence-electron chi connectivity index (χ3n) is 4.10. The summed E-state index contributed by atoms with van der Waals surface area (Å²) in [5, 5.41) is 17.1. The lowest BCUT2D eigenvalue weighted by atomic mass is 10.1. The molecular weight excluding hydrogens is 316 g/mol. The first kappa shape index (κ1) is 16.2. The third-order valence-corrected chi connectivity index (χ3v) is 4.10. The monoisotopic (exact) mass is 334 g/mol. The molecule has 0 saturated carbocycles. The van der Waals surface area contributed by atoms with Gasteiger partial charge in [-0.05, 0) is 32.0 Å². The lowest BCUT2D eigenvalue weighted by Crippen LogP contribution is -2.49. The van der Waals surface area contributed by atoms with Crippen molar-refractivity contribution in [2.75, 3.05) is 31.1 Å². The third kappa shape index (κ3) is 3.46. The van der Waals surface area contributed by atoms with E-state index in [0.717, 1.165) is 25.9 Å². The second kappa shape index (κ2) is 6.83. The molecule has 0 aromatic heterocycles. The number of hydrogen-bond donors (Lipinski definition) is 2. The van der Waals surface area contributed by atoms with E-state index < -0.39 is 10.8 Å². The van der Waals surface area contributed by atoms with Crippen molar-refractivity contribution >= 4 is 23.2 Å². The van der Waals surface area contributed by atoms with Crippen molar-refractivity contribution in [3.8, 4) is 5.75 Å². The van der Waals surface area contributed by atoms with Gasteiger partial charge < -0.3 is 15.4 Å². The molecule has 2 N–H and O–H groups in total. The number of nitrogens with one attached hydrogen (secondary N) is 2. The Hall–Kier alpha value is -2.68. The maximum Gasteiger partial charge on any atom is 0.271 e. The lowest BCUT2D eigenvalue weighted by Gasteiger charge is -2.30. The first-order valence-corrected chi connectivity index (χ1v) is 7.76. The van der Waals surface area contributed by atoms with Crippen LogP contribution in [-0.4, -0.2) is 49.0 Å². The van der Waals surface area contributed by atoms with Gasteiger partial charge >= 0.3 is 0 Å². The molecule has 0 unspecified atom stereocenters. The van der Waals surface area contributed by atoms with Crippen molar-refractivity contribution < 1.29 is 19.2 Å². The molecule has 1 saturated heterocycles. The van der Waals surface area contributed by atoms with Gasteiger partial charge in [-0.25, -0.2) is 0 Å². The number of carbonyl (C=O) groups is 2. The lowest BCUT2D eigenvalue weighted by molar-refractivity contribution is -0.384. The Morgan fingerprint density at radius 2 is 2.17 bits per heavy atom. The van der Waals surface area contributed by atoms with Gasteiger partial charge in [-0.1, -0.05) is 0 Å². The van der Waals surface area contributed by atoms with E-state index in [4.69, 9.17) is 4.74 Å². The molecule has 0 atom stereocenters. The minimum atomic E-state index is -0.549. The van der Waals surface area contributed by atoms with Gasteiger partial charge in [-0.2, -0.15) is 0 Å². The number of benzene rings is 1. The Labute approximate surface area is 138 Å². The van der Waals surface area contributed by atoms with Crippen LogP contribution >= 0.6 is 0 Å². The van der Waals surface area contributed by atoms with Crippen molar-refractivity contribution in [1.29, 1.82) is 0 Å². The van der Waals surface area contributed by atoms with Gasteiger partial charge in [0.2, 0.25) is 5.91 Å².